The molecule has 4 rings (SSSR count). The number of thioether (sulfide) groups is 1. The molecular weight excluding hydrogens is 356 g/mol. The van der Waals surface area contributed by atoms with E-state index in [0.29, 0.717) is 5.92 Å². The molecule has 1 aromatic rings. The number of hydrogen-bond acceptors (Lipinski definition) is 4. The fraction of sp³-hybridized carbons (Fsp3) is 0.667. The van der Waals surface area contributed by atoms with E-state index in [-0.39, 0.29) is 5.54 Å². The molecule has 148 valence electrons. The molecule has 2 aliphatic heterocycles. The van der Waals surface area contributed by atoms with Gasteiger partial charge in [0.15, 0.2) is 5.96 Å². The fourth-order valence-electron chi connectivity index (χ4n) is 4.68. The normalized spacial score (nSPS) is 28.9. The fourth-order valence-corrected chi connectivity index (χ4v) is 6.16. The summed E-state index contributed by atoms with van der Waals surface area (Å²) in [5, 5.41) is 7.23. The monoisotopic (exact) mass is 388 g/mol. The van der Waals surface area contributed by atoms with Crippen molar-refractivity contribution < 1.29 is 4.74 Å². The molecule has 2 unspecified atom stereocenters. The minimum Gasteiger partial charge on any atom is -0.379 e. The number of nitrogens with zero attached hydrogens (tertiary/aromatic N) is 2. The molecule has 2 saturated heterocycles. The molecule has 1 aliphatic carbocycles. The van der Waals surface area contributed by atoms with E-state index < -0.39 is 0 Å². The Morgan fingerprint density at radius 2 is 2.15 bits per heavy atom. The number of rotatable bonds is 5. The van der Waals surface area contributed by atoms with Crippen LogP contribution in [0.2, 0.25) is 0 Å². The lowest BCUT2D eigenvalue weighted by molar-refractivity contribution is -0.0120. The number of guanidine groups is 1. The predicted octanol–water partition coefficient (Wildman–Crippen LogP) is 2.09. The summed E-state index contributed by atoms with van der Waals surface area (Å²) in [6.45, 7) is 5.73. The van der Waals surface area contributed by atoms with Crippen LogP contribution < -0.4 is 10.6 Å². The second-order valence-electron chi connectivity index (χ2n) is 7.87. The van der Waals surface area contributed by atoms with Gasteiger partial charge in [-0.3, -0.25) is 9.89 Å². The van der Waals surface area contributed by atoms with Crippen LogP contribution in [0.4, 0.5) is 0 Å². The van der Waals surface area contributed by atoms with E-state index >= 15 is 0 Å². The van der Waals surface area contributed by atoms with E-state index in [4.69, 9.17) is 4.74 Å². The van der Waals surface area contributed by atoms with Crippen LogP contribution in [0.15, 0.2) is 29.3 Å². The summed E-state index contributed by atoms with van der Waals surface area (Å²) in [7, 11) is 1.88. The van der Waals surface area contributed by atoms with E-state index in [1.807, 2.05) is 7.05 Å². The van der Waals surface area contributed by atoms with Gasteiger partial charge in [0.2, 0.25) is 0 Å². The lowest BCUT2D eigenvalue weighted by Crippen LogP contribution is -2.60. The van der Waals surface area contributed by atoms with Crippen LogP contribution in [0, 0.1) is 0 Å². The molecular formula is C21H32N4OS. The first-order valence-electron chi connectivity index (χ1n) is 10.2. The standard InChI is InChI=1S/C21H32N4OS/c1-22-20(23-14-18-7-6-17-4-2-3-5-19(17)18)24-15-21(8-13-27-16-21)25-9-11-26-12-10-25/h2-5,18H,6-16H2,1H3,(H2,22,23,24). The SMILES string of the molecule is CN=C(NCC1CCc2ccccc21)NCC1(N2CCOCC2)CCSC1. The quantitative estimate of drug-likeness (QED) is 0.598. The van der Waals surface area contributed by atoms with Crippen LogP contribution in [-0.2, 0) is 11.2 Å². The van der Waals surface area contributed by atoms with E-state index in [0.717, 1.165) is 45.4 Å². The zero-order chi connectivity index (χ0) is 18.5. The van der Waals surface area contributed by atoms with Gasteiger partial charge in [-0.05, 0) is 36.1 Å². The lowest BCUT2D eigenvalue weighted by atomic mass is 9.95. The van der Waals surface area contributed by atoms with E-state index in [1.165, 1.54) is 41.9 Å². The topological polar surface area (TPSA) is 48.9 Å². The third kappa shape index (κ3) is 4.28. The summed E-state index contributed by atoms with van der Waals surface area (Å²) in [5.74, 6) is 3.98. The van der Waals surface area contributed by atoms with Crippen LogP contribution in [0.5, 0.6) is 0 Å². The smallest absolute Gasteiger partial charge is 0.191 e. The molecule has 0 saturated carbocycles. The molecule has 6 heteroatoms. The highest BCUT2D eigenvalue weighted by Gasteiger charge is 2.40. The van der Waals surface area contributed by atoms with Gasteiger partial charge in [-0.15, -0.1) is 0 Å². The summed E-state index contributed by atoms with van der Waals surface area (Å²) in [6.07, 6.45) is 3.68. The number of fused-ring (bicyclic) bond motifs is 1. The molecule has 0 amide bonds. The maximum absolute atomic E-state index is 5.57. The maximum atomic E-state index is 5.57. The van der Waals surface area contributed by atoms with Gasteiger partial charge in [0.1, 0.15) is 0 Å². The second-order valence-corrected chi connectivity index (χ2v) is 8.97. The first-order valence-corrected chi connectivity index (χ1v) is 11.4. The van der Waals surface area contributed by atoms with E-state index in [9.17, 15) is 0 Å². The Balaban J connectivity index is 1.32. The Morgan fingerprint density at radius 3 is 2.93 bits per heavy atom. The highest BCUT2D eigenvalue weighted by molar-refractivity contribution is 7.99. The van der Waals surface area contributed by atoms with Crippen molar-refractivity contribution in [2.24, 2.45) is 4.99 Å². The number of ether oxygens (including phenoxy) is 1. The third-order valence-electron chi connectivity index (χ3n) is 6.35. The Bertz CT molecular complexity index is 653. The molecule has 5 nitrogen and oxygen atoms in total. The highest BCUT2D eigenvalue weighted by Crippen LogP contribution is 2.34. The van der Waals surface area contributed by atoms with Crippen LogP contribution in [-0.4, -0.2) is 74.3 Å². The summed E-state index contributed by atoms with van der Waals surface area (Å²) in [5.41, 5.74) is 3.27. The molecule has 27 heavy (non-hydrogen) atoms. The van der Waals surface area contributed by atoms with Crippen molar-refractivity contribution in [2.75, 3.05) is 57.9 Å². The van der Waals surface area contributed by atoms with Crippen molar-refractivity contribution in [3.63, 3.8) is 0 Å². The molecule has 0 radical (unpaired) electrons. The van der Waals surface area contributed by atoms with Gasteiger partial charge in [-0.25, -0.2) is 0 Å². The van der Waals surface area contributed by atoms with Crippen molar-refractivity contribution >= 4 is 17.7 Å². The molecule has 1 aromatic carbocycles. The Kier molecular flexibility index (Phi) is 6.25. The highest BCUT2D eigenvalue weighted by atomic mass is 32.2. The number of nitrogens with one attached hydrogen (secondary N) is 2. The van der Waals surface area contributed by atoms with Crippen LogP contribution in [0.3, 0.4) is 0 Å². The first kappa shape index (κ1) is 19.1. The van der Waals surface area contributed by atoms with Crippen LogP contribution >= 0.6 is 11.8 Å². The molecule has 2 atom stereocenters. The summed E-state index contributed by atoms with van der Waals surface area (Å²) < 4.78 is 5.57. The number of aliphatic imine (C=N–C) groups is 1. The zero-order valence-corrected chi connectivity index (χ0v) is 17.2. The van der Waals surface area contributed by atoms with Gasteiger partial charge in [0, 0.05) is 50.4 Å². The summed E-state index contributed by atoms with van der Waals surface area (Å²) in [4.78, 5) is 7.13. The molecule has 2 N–H and O–H groups in total. The van der Waals surface area contributed by atoms with Gasteiger partial charge >= 0.3 is 0 Å². The van der Waals surface area contributed by atoms with E-state index in [1.54, 1.807) is 0 Å². The minimum absolute atomic E-state index is 0.242. The average Bonchev–Trinajstić information content (AvgIpc) is 3.37. The lowest BCUT2D eigenvalue weighted by Gasteiger charge is -2.43. The van der Waals surface area contributed by atoms with E-state index in [2.05, 4.69) is 56.6 Å². The van der Waals surface area contributed by atoms with Crippen LogP contribution in [0.1, 0.15) is 29.9 Å². The Labute approximate surface area is 167 Å². The van der Waals surface area contributed by atoms with Crippen molar-refractivity contribution in [2.45, 2.75) is 30.7 Å². The largest absolute Gasteiger partial charge is 0.379 e. The van der Waals surface area contributed by atoms with Gasteiger partial charge in [0.25, 0.3) is 0 Å². The molecule has 0 bridgehead atoms. The van der Waals surface area contributed by atoms with Crippen molar-refractivity contribution in [1.29, 1.82) is 0 Å². The summed E-state index contributed by atoms with van der Waals surface area (Å²) in [6, 6.07) is 8.87. The Hall–Kier alpha value is -1.24. The molecule has 0 spiro atoms. The summed E-state index contributed by atoms with van der Waals surface area (Å²) >= 11 is 2.08. The van der Waals surface area contributed by atoms with Gasteiger partial charge < -0.3 is 15.4 Å². The maximum Gasteiger partial charge on any atom is 0.191 e. The molecule has 2 fully saturated rings. The number of benzene rings is 1. The van der Waals surface area contributed by atoms with Gasteiger partial charge in [0.05, 0.1) is 13.2 Å². The first-order chi connectivity index (χ1) is 13.3. The van der Waals surface area contributed by atoms with Gasteiger partial charge in [-0.1, -0.05) is 24.3 Å². The average molecular weight is 389 g/mol. The third-order valence-corrected chi connectivity index (χ3v) is 7.58. The molecule has 0 aromatic heterocycles. The second kappa shape index (κ2) is 8.84. The minimum atomic E-state index is 0.242. The van der Waals surface area contributed by atoms with Crippen LogP contribution in [0.25, 0.3) is 0 Å². The van der Waals surface area contributed by atoms with Crippen molar-refractivity contribution in [1.82, 2.24) is 15.5 Å². The Morgan fingerprint density at radius 1 is 1.30 bits per heavy atom. The van der Waals surface area contributed by atoms with Crippen molar-refractivity contribution in [3.8, 4) is 0 Å². The predicted molar refractivity (Wildman–Crippen MR) is 114 cm³/mol. The molecule has 2 heterocycles. The zero-order valence-electron chi connectivity index (χ0n) is 16.4. The number of hydrogen-bond donors (Lipinski definition) is 2. The molecule has 3 aliphatic rings. The number of aryl methyl sites for hydroxylation is 1. The number of morpholine rings is 1. The van der Waals surface area contributed by atoms with Crippen molar-refractivity contribution in [3.05, 3.63) is 35.4 Å². The van der Waals surface area contributed by atoms with Gasteiger partial charge in [-0.2, -0.15) is 11.8 Å².